The first-order valence-electron chi connectivity index (χ1n) is 6.40. The summed E-state index contributed by atoms with van der Waals surface area (Å²) in [6, 6.07) is 9.37. The highest BCUT2D eigenvalue weighted by Crippen LogP contribution is 2.28. The lowest BCUT2D eigenvalue weighted by Gasteiger charge is -2.21. The molecular weight excluding hydrogens is 228 g/mol. The number of amides is 2. The van der Waals surface area contributed by atoms with Gasteiger partial charge in [-0.05, 0) is 24.9 Å². The molecule has 18 heavy (non-hydrogen) atoms. The minimum atomic E-state index is -0.282. The van der Waals surface area contributed by atoms with E-state index in [1.807, 2.05) is 30.3 Å². The third kappa shape index (κ3) is 1.82. The fourth-order valence-electron chi connectivity index (χ4n) is 2.81. The average molecular weight is 244 g/mol. The molecule has 4 nitrogen and oxygen atoms in total. The summed E-state index contributed by atoms with van der Waals surface area (Å²) in [6.45, 7) is 1.23. The van der Waals surface area contributed by atoms with Gasteiger partial charge in [-0.15, -0.1) is 0 Å². The minimum Gasteiger partial charge on any atom is -0.305 e. The minimum absolute atomic E-state index is 0.0129. The highest BCUT2D eigenvalue weighted by molar-refractivity contribution is 6.07. The first-order valence-corrected chi connectivity index (χ1v) is 6.40. The van der Waals surface area contributed by atoms with E-state index in [1.165, 1.54) is 4.90 Å². The molecule has 2 aliphatic heterocycles. The van der Waals surface area contributed by atoms with Crippen molar-refractivity contribution < 1.29 is 9.59 Å². The maximum Gasteiger partial charge on any atom is 0.247 e. The van der Waals surface area contributed by atoms with Crippen molar-refractivity contribution in [3.8, 4) is 0 Å². The van der Waals surface area contributed by atoms with Gasteiger partial charge in [0.1, 0.15) is 0 Å². The van der Waals surface area contributed by atoms with Crippen molar-refractivity contribution in [1.29, 1.82) is 0 Å². The zero-order chi connectivity index (χ0) is 12.5. The Kier molecular flexibility index (Phi) is 2.88. The van der Waals surface area contributed by atoms with Crippen molar-refractivity contribution in [2.75, 3.05) is 6.54 Å². The summed E-state index contributed by atoms with van der Waals surface area (Å²) in [6.07, 6.45) is 1.80. The summed E-state index contributed by atoms with van der Waals surface area (Å²) in [7, 11) is 0. The average Bonchev–Trinajstić information content (AvgIpc) is 2.66. The molecule has 0 aliphatic carbocycles. The normalized spacial score (nSPS) is 27.4. The molecule has 0 bridgehead atoms. The summed E-state index contributed by atoms with van der Waals surface area (Å²) in [5, 5.41) is 3.16. The number of rotatable bonds is 2. The van der Waals surface area contributed by atoms with Crippen LogP contribution in [0.2, 0.25) is 0 Å². The number of nitrogens with one attached hydrogen (secondary N) is 1. The predicted octanol–water partition coefficient (Wildman–Crippen LogP) is 0.924. The fraction of sp³-hybridized carbons (Fsp3) is 0.429. The number of piperidine rings is 1. The number of carbonyl (C=O) groups is 2. The van der Waals surface area contributed by atoms with Gasteiger partial charge in [0, 0.05) is 0 Å². The van der Waals surface area contributed by atoms with E-state index in [0.717, 1.165) is 24.9 Å². The summed E-state index contributed by atoms with van der Waals surface area (Å²) < 4.78 is 0. The lowest BCUT2D eigenvalue weighted by Crippen LogP contribution is -2.44. The second-order valence-electron chi connectivity index (χ2n) is 4.93. The second-order valence-corrected chi connectivity index (χ2v) is 4.93. The van der Waals surface area contributed by atoms with Crippen LogP contribution in [0.1, 0.15) is 18.4 Å². The van der Waals surface area contributed by atoms with Gasteiger partial charge in [0.15, 0.2) is 0 Å². The van der Waals surface area contributed by atoms with Crippen LogP contribution < -0.4 is 5.32 Å². The first kappa shape index (κ1) is 11.4. The summed E-state index contributed by atoms with van der Waals surface area (Å²) in [5.41, 5.74) is 0.998. The Morgan fingerprint density at radius 3 is 2.67 bits per heavy atom. The van der Waals surface area contributed by atoms with Crippen LogP contribution in [0.15, 0.2) is 30.3 Å². The van der Waals surface area contributed by atoms with Crippen LogP contribution in [0.3, 0.4) is 0 Å². The zero-order valence-electron chi connectivity index (χ0n) is 10.1. The largest absolute Gasteiger partial charge is 0.305 e. The van der Waals surface area contributed by atoms with Crippen molar-refractivity contribution in [3.05, 3.63) is 35.9 Å². The zero-order valence-corrected chi connectivity index (χ0v) is 10.1. The van der Waals surface area contributed by atoms with Crippen molar-refractivity contribution in [2.45, 2.75) is 25.4 Å². The van der Waals surface area contributed by atoms with Gasteiger partial charge >= 0.3 is 0 Å². The van der Waals surface area contributed by atoms with Crippen molar-refractivity contribution in [1.82, 2.24) is 10.2 Å². The van der Waals surface area contributed by atoms with Gasteiger partial charge < -0.3 is 5.32 Å². The van der Waals surface area contributed by atoms with Crippen LogP contribution >= 0.6 is 0 Å². The first-order chi connectivity index (χ1) is 8.77. The number of benzene rings is 1. The van der Waals surface area contributed by atoms with Gasteiger partial charge in [-0.25, -0.2) is 0 Å². The third-order valence-electron chi connectivity index (χ3n) is 3.76. The Hall–Kier alpha value is -1.68. The standard InChI is InChI=1S/C14H16N2O2/c17-13-11-7-4-8-15-12(11)14(18)16(13)9-10-5-2-1-3-6-10/h1-3,5-6,11-12,15H,4,7-9H2/t11-,12-/m0/s1. The summed E-state index contributed by atoms with van der Waals surface area (Å²) in [4.78, 5) is 25.8. The monoisotopic (exact) mass is 244 g/mol. The number of hydrogen-bond donors (Lipinski definition) is 1. The molecular formula is C14H16N2O2. The molecule has 2 saturated heterocycles. The van der Waals surface area contributed by atoms with Crippen LogP contribution in [0.4, 0.5) is 0 Å². The van der Waals surface area contributed by atoms with Crippen molar-refractivity contribution >= 4 is 11.8 Å². The number of hydrogen-bond acceptors (Lipinski definition) is 3. The maximum absolute atomic E-state index is 12.2. The van der Waals surface area contributed by atoms with E-state index in [0.29, 0.717) is 6.54 Å². The van der Waals surface area contributed by atoms with Crippen LogP contribution in [-0.4, -0.2) is 29.3 Å². The molecule has 2 amide bonds. The molecule has 3 rings (SSSR count). The molecule has 2 heterocycles. The molecule has 0 radical (unpaired) electrons. The van der Waals surface area contributed by atoms with Crippen LogP contribution in [0.5, 0.6) is 0 Å². The molecule has 0 spiro atoms. The molecule has 2 aliphatic rings. The van der Waals surface area contributed by atoms with Crippen LogP contribution in [0.25, 0.3) is 0 Å². The molecule has 1 aromatic carbocycles. The van der Waals surface area contributed by atoms with Gasteiger partial charge in [-0.3, -0.25) is 14.5 Å². The summed E-state index contributed by atoms with van der Waals surface area (Å²) in [5.74, 6) is -0.218. The molecule has 0 saturated carbocycles. The van der Waals surface area contributed by atoms with Crippen molar-refractivity contribution in [3.63, 3.8) is 0 Å². The SMILES string of the molecule is O=C1[C@H]2CCCN[C@@H]2C(=O)N1Cc1ccccc1. The molecule has 0 aromatic heterocycles. The lowest BCUT2D eigenvalue weighted by atomic mass is 9.93. The highest BCUT2D eigenvalue weighted by atomic mass is 16.2. The van der Waals surface area contributed by atoms with E-state index in [9.17, 15) is 9.59 Å². The number of likely N-dealkylation sites (tertiary alicyclic amines) is 1. The molecule has 2 atom stereocenters. The van der Waals surface area contributed by atoms with Gasteiger partial charge in [0.25, 0.3) is 0 Å². The van der Waals surface area contributed by atoms with E-state index in [-0.39, 0.29) is 23.8 Å². The topological polar surface area (TPSA) is 49.4 Å². The molecule has 4 heteroatoms. The molecule has 1 aromatic rings. The van der Waals surface area contributed by atoms with E-state index in [1.54, 1.807) is 0 Å². The van der Waals surface area contributed by atoms with Crippen LogP contribution in [-0.2, 0) is 16.1 Å². The Morgan fingerprint density at radius 1 is 1.17 bits per heavy atom. The number of fused-ring (bicyclic) bond motifs is 1. The number of imide groups is 1. The highest BCUT2D eigenvalue weighted by Gasteiger charge is 2.48. The molecule has 0 unspecified atom stereocenters. The number of carbonyl (C=O) groups excluding carboxylic acids is 2. The van der Waals surface area contributed by atoms with Crippen molar-refractivity contribution in [2.24, 2.45) is 5.92 Å². The Balaban J connectivity index is 1.80. The van der Waals surface area contributed by atoms with E-state index in [4.69, 9.17) is 0 Å². The number of nitrogens with zero attached hydrogens (tertiary/aromatic N) is 1. The van der Waals surface area contributed by atoms with E-state index >= 15 is 0 Å². The Bertz CT molecular complexity index is 448. The van der Waals surface area contributed by atoms with Gasteiger partial charge in [0.05, 0.1) is 18.5 Å². The van der Waals surface area contributed by atoms with E-state index in [2.05, 4.69) is 5.32 Å². The van der Waals surface area contributed by atoms with E-state index < -0.39 is 0 Å². The predicted molar refractivity (Wildman–Crippen MR) is 66.5 cm³/mol. The van der Waals surface area contributed by atoms with Gasteiger partial charge in [0.2, 0.25) is 11.8 Å². The second kappa shape index (κ2) is 4.53. The van der Waals surface area contributed by atoms with Crippen LogP contribution in [0, 0.1) is 5.92 Å². The molecule has 1 N–H and O–H groups in total. The maximum atomic E-state index is 12.2. The summed E-state index contributed by atoms with van der Waals surface area (Å²) >= 11 is 0. The van der Waals surface area contributed by atoms with Gasteiger partial charge in [-0.1, -0.05) is 30.3 Å². The molecule has 94 valence electrons. The molecule has 2 fully saturated rings. The lowest BCUT2D eigenvalue weighted by molar-refractivity contribution is -0.140. The van der Waals surface area contributed by atoms with Gasteiger partial charge in [-0.2, -0.15) is 0 Å². The fourth-order valence-corrected chi connectivity index (χ4v) is 2.81. The third-order valence-corrected chi connectivity index (χ3v) is 3.76. The Labute approximate surface area is 106 Å². The quantitative estimate of drug-likeness (QED) is 0.787. The Morgan fingerprint density at radius 2 is 1.94 bits per heavy atom. The smallest absolute Gasteiger partial charge is 0.247 e.